The topological polar surface area (TPSA) is 117 Å². The fourth-order valence-electron chi connectivity index (χ4n) is 9.72. The van der Waals surface area contributed by atoms with Crippen LogP contribution in [0.4, 0.5) is 14.5 Å². The van der Waals surface area contributed by atoms with E-state index >= 15 is 0 Å². The summed E-state index contributed by atoms with van der Waals surface area (Å²) in [5.41, 5.74) is 4.40. The number of hydrogen-bond donors (Lipinski definition) is 1. The number of fused-ring (bicyclic) bond motifs is 1. The van der Waals surface area contributed by atoms with Gasteiger partial charge in [0.25, 0.3) is 17.9 Å². The minimum Gasteiger partial charge on any atom is -0.496 e. The third kappa shape index (κ3) is 7.42. The minimum absolute atomic E-state index is 0.132. The summed E-state index contributed by atoms with van der Waals surface area (Å²) in [6.45, 7) is 9.95. The van der Waals surface area contributed by atoms with E-state index in [4.69, 9.17) is 9.47 Å². The van der Waals surface area contributed by atoms with Gasteiger partial charge in [-0.3, -0.25) is 29.4 Å². The quantitative estimate of drug-likeness (QED) is 0.287. The molecule has 4 fully saturated rings. The molecule has 0 bridgehead atoms. The number of carbonyl (C=O) groups excluding carboxylic acids is 3. The number of alkyl halides is 2. The first-order valence-electron chi connectivity index (χ1n) is 20.1. The number of imide groups is 1. The maximum Gasteiger partial charge on any atom is 0.269 e. The Kier molecular flexibility index (Phi) is 10.6. The molecule has 57 heavy (non-hydrogen) atoms. The van der Waals surface area contributed by atoms with Gasteiger partial charge in [-0.1, -0.05) is 6.07 Å². The smallest absolute Gasteiger partial charge is 0.269 e. The third-order valence-electron chi connectivity index (χ3n) is 13.3. The number of pyridine rings is 1. The molecule has 4 saturated heterocycles. The predicted molar refractivity (Wildman–Crippen MR) is 211 cm³/mol. The molecule has 1 spiro atoms. The number of nitrogens with zero attached hydrogens (tertiary/aromatic N) is 5. The SMILES string of the molecule is COc1cc(-c2cc(C(F)F)c(=O)n(C)c2C)cc(OC)c1CN1CCC(CN2CCC3(CC2)CN(c2ccc4c(c2)C(=O)N(C2CCC(=O)NC2=O)C4)C3)CC1. The van der Waals surface area contributed by atoms with Crippen molar-refractivity contribution in [1.82, 2.24) is 24.6 Å². The van der Waals surface area contributed by atoms with Gasteiger partial charge in [0.2, 0.25) is 11.8 Å². The highest BCUT2D eigenvalue weighted by molar-refractivity contribution is 6.05. The molecule has 2 aromatic carbocycles. The van der Waals surface area contributed by atoms with E-state index < -0.39 is 23.6 Å². The molecule has 0 saturated carbocycles. The summed E-state index contributed by atoms with van der Waals surface area (Å²) in [6.07, 6.45) is 2.26. The van der Waals surface area contributed by atoms with Crippen molar-refractivity contribution in [2.24, 2.45) is 18.4 Å². The number of aromatic nitrogens is 1. The van der Waals surface area contributed by atoms with Gasteiger partial charge in [0.15, 0.2) is 0 Å². The second-order valence-corrected chi connectivity index (χ2v) is 16.7. The molecule has 1 N–H and O–H groups in total. The second kappa shape index (κ2) is 15.5. The van der Waals surface area contributed by atoms with Crippen LogP contribution in [0.25, 0.3) is 11.1 Å². The fraction of sp³-hybridized carbons (Fsp3) is 0.535. The van der Waals surface area contributed by atoms with Gasteiger partial charge in [-0.05, 0) is 113 Å². The van der Waals surface area contributed by atoms with Gasteiger partial charge in [0.1, 0.15) is 17.5 Å². The average Bonchev–Trinajstić information content (AvgIpc) is 3.51. The zero-order chi connectivity index (χ0) is 40.2. The van der Waals surface area contributed by atoms with Crippen molar-refractivity contribution >= 4 is 23.4 Å². The number of rotatable bonds is 10. The Morgan fingerprint density at radius 1 is 0.877 bits per heavy atom. The number of nitrogens with one attached hydrogen (secondary N) is 1. The van der Waals surface area contributed by atoms with Crippen molar-refractivity contribution < 1.29 is 32.6 Å². The summed E-state index contributed by atoms with van der Waals surface area (Å²) < 4.78 is 40.4. The van der Waals surface area contributed by atoms with Crippen LogP contribution >= 0.6 is 0 Å². The Bertz CT molecular complexity index is 2110. The molecule has 0 aliphatic carbocycles. The number of piperidine rings is 3. The first-order chi connectivity index (χ1) is 27.4. The number of carbonyl (C=O) groups is 3. The first-order valence-corrected chi connectivity index (χ1v) is 20.1. The van der Waals surface area contributed by atoms with Crippen molar-refractivity contribution in [2.75, 3.05) is 64.9 Å². The van der Waals surface area contributed by atoms with Gasteiger partial charge in [-0.2, -0.15) is 0 Å². The molecular weight excluding hydrogens is 735 g/mol. The number of benzene rings is 2. The van der Waals surface area contributed by atoms with Crippen LogP contribution in [-0.4, -0.2) is 103 Å². The largest absolute Gasteiger partial charge is 0.496 e. The van der Waals surface area contributed by atoms with Crippen LogP contribution in [-0.2, 0) is 29.7 Å². The molecule has 1 aromatic heterocycles. The number of likely N-dealkylation sites (tertiary alicyclic amines) is 2. The summed E-state index contributed by atoms with van der Waals surface area (Å²) in [5.74, 6) is 1.07. The van der Waals surface area contributed by atoms with Crippen LogP contribution in [0, 0.1) is 18.3 Å². The van der Waals surface area contributed by atoms with Crippen molar-refractivity contribution in [3.8, 4) is 22.6 Å². The van der Waals surface area contributed by atoms with Crippen LogP contribution in [0.3, 0.4) is 0 Å². The molecule has 3 aromatic rings. The number of anilines is 1. The summed E-state index contributed by atoms with van der Waals surface area (Å²) in [5, 5.41) is 2.37. The van der Waals surface area contributed by atoms with E-state index in [2.05, 4.69) is 26.1 Å². The maximum atomic E-state index is 13.7. The van der Waals surface area contributed by atoms with Crippen molar-refractivity contribution in [3.05, 3.63) is 74.7 Å². The Labute approximate surface area is 331 Å². The molecule has 3 amide bonds. The Morgan fingerprint density at radius 2 is 1.56 bits per heavy atom. The van der Waals surface area contributed by atoms with Crippen LogP contribution < -0.4 is 25.2 Å². The van der Waals surface area contributed by atoms with E-state index in [1.807, 2.05) is 24.3 Å². The Balaban J connectivity index is 0.821. The molecule has 304 valence electrons. The van der Waals surface area contributed by atoms with Gasteiger partial charge in [0, 0.05) is 74.1 Å². The minimum atomic E-state index is -2.88. The molecule has 0 radical (unpaired) electrons. The highest BCUT2D eigenvalue weighted by atomic mass is 19.3. The Hall–Kier alpha value is -4.82. The van der Waals surface area contributed by atoms with Crippen molar-refractivity contribution in [2.45, 2.75) is 71.0 Å². The standard InChI is InChI=1S/C43H52F2N6O6/c1-26-31(20-33(39(44)45)41(54)47(26)2)29-17-36(56-3)34(37(18-29)57-4)23-48-13-9-27(10-14-48)21-49-15-11-43(12-16-49)24-50(25-43)30-6-5-28-22-51(42(55)32(28)19-30)35-7-8-38(52)46-40(35)53/h5-6,17-20,27,35,39H,7-16,21-25H2,1-4H3,(H,46,52,53). The predicted octanol–water partition coefficient (Wildman–Crippen LogP) is 4.89. The highest BCUT2D eigenvalue weighted by Crippen LogP contribution is 2.44. The van der Waals surface area contributed by atoms with Crippen LogP contribution in [0.15, 0.2) is 41.2 Å². The normalized spacial score (nSPS) is 21.6. The lowest BCUT2D eigenvalue weighted by Gasteiger charge is -2.55. The molecular formula is C43H52F2N6O6. The number of ether oxygens (including phenoxy) is 2. The lowest BCUT2D eigenvalue weighted by atomic mass is 9.71. The summed E-state index contributed by atoms with van der Waals surface area (Å²) in [7, 11) is 4.71. The van der Waals surface area contributed by atoms with Crippen LogP contribution in [0.2, 0.25) is 0 Å². The molecule has 14 heteroatoms. The zero-order valence-corrected chi connectivity index (χ0v) is 33.2. The first kappa shape index (κ1) is 39.0. The number of halogens is 2. The summed E-state index contributed by atoms with van der Waals surface area (Å²) in [6, 6.07) is 10.5. The van der Waals surface area contributed by atoms with Gasteiger partial charge in [-0.25, -0.2) is 8.78 Å². The molecule has 12 nitrogen and oxygen atoms in total. The number of methoxy groups -OCH3 is 2. The van der Waals surface area contributed by atoms with E-state index in [1.165, 1.54) is 17.7 Å². The van der Waals surface area contributed by atoms with E-state index in [0.29, 0.717) is 64.7 Å². The molecule has 8 rings (SSSR count). The molecule has 5 aliphatic rings. The highest BCUT2D eigenvalue weighted by Gasteiger charge is 2.46. The molecule has 1 unspecified atom stereocenters. The molecule has 1 atom stereocenters. The average molecular weight is 787 g/mol. The van der Waals surface area contributed by atoms with Crippen molar-refractivity contribution in [1.29, 1.82) is 0 Å². The van der Waals surface area contributed by atoms with Gasteiger partial charge >= 0.3 is 0 Å². The Morgan fingerprint density at radius 3 is 2.19 bits per heavy atom. The maximum absolute atomic E-state index is 13.7. The van der Waals surface area contributed by atoms with E-state index in [0.717, 1.165) is 88.3 Å². The summed E-state index contributed by atoms with van der Waals surface area (Å²) >= 11 is 0. The van der Waals surface area contributed by atoms with Gasteiger partial charge in [0.05, 0.1) is 25.3 Å². The lowest BCUT2D eigenvalue weighted by molar-refractivity contribution is -0.136. The molecule has 5 aliphatic heterocycles. The summed E-state index contributed by atoms with van der Waals surface area (Å²) in [4.78, 5) is 58.9. The second-order valence-electron chi connectivity index (χ2n) is 16.7. The van der Waals surface area contributed by atoms with Gasteiger partial charge in [-0.15, -0.1) is 0 Å². The third-order valence-corrected chi connectivity index (χ3v) is 13.3. The van der Waals surface area contributed by atoms with Crippen molar-refractivity contribution in [3.63, 3.8) is 0 Å². The zero-order valence-electron chi connectivity index (χ0n) is 33.2. The van der Waals surface area contributed by atoms with E-state index in [1.54, 1.807) is 26.0 Å². The van der Waals surface area contributed by atoms with E-state index in [-0.39, 0.29) is 24.1 Å². The number of amides is 3. The van der Waals surface area contributed by atoms with Gasteiger partial charge < -0.3 is 28.7 Å². The van der Waals surface area contributed by atoms with Crippen LogP contribution in [0.1, 0.15) is 77.7 Å². The fourth-order valence-corrected chi connectivity index (χ4v) is 9.72. The lowest BCUT2D eigenvalue weighted by Crippen LogP contribution is -2.60. The number of hydrogen-bond acceptors (Lipinski definition) is 9. The van der Waals surface area contributed by atoms with E-state index in [9.17, 15) is 28.0 Å². The molecule has 6 heterocycles. The monoisotopic (exact) mass is 786 g/mol. The van der Waals surface area contributed by atoms with Crippen LogP contribution in [0.5, 0.6) is 11.5 Å².